The van der Waals surface area contributed by atoms with E-state index < -0.39 is 0 Å². The van der Waals surface area contributed by atoms with Gasteiger partial charge in [0.05, 0.1) is 6.54 Å². The molecule has 0 aliphatic carbocycles. The van der Waals surface area contributed by atoms with Crippen LogP contribution in [0.4, 0.5) is 4.48 Å². The van der Waals surface area contributed by atoms with Gasteiger partial charge in [-0.05, 0) is 23.8 Å². The van der Waals surface area contributed by atoms with Gasteiger partial charge in [-0.25, -0.2) is 0 Å². The average Bonchev–Trinajstić information content (AvgIpc) is 2.06. The fourth-order valence-electron chi connectivity index (χ4n) is 0.792. The zero-order valence-electron chi connectivity index (χ0n) is 6.33. The van der Waals surface area contributed by atoms with Crippen LogP contribution in [0.25, 0.3) is 0 Å². The van der Waals surface area contributed by atoms with Crippen molar-refractivity contribution in [2.24, 2.45) is 0 Å². The number of rotatable bonds is 3. The van der Waals surface area contributed by atoms with Crippen LogP contribution in [-0.4, -0.2) is 10.8 Å². The first-order valence-electron chi connectivity index (χ1n) is 3.34. The summed E-state index contributed by atoms with van der Waals surface area (Å²) < 4.78 is 13.3. The molecule has 11 heavy (non-hydrogen) atoms. The molecule has 1 rings (SSSR count). The van der Waals surface area contributed by atoms with Gasteiger partial charge in [0.15, 0.2) is 0 Å². The SMILES string of the molecule is CSN(F)Cc1ccccc1. The highest BCUT2D eigenvalue weighted by atomic mass is 32.2. The van der Waals surface area contributed by atoms with E-state index >= 15 is 0 Å². The van der Waals surface area contributed by atoms with Crippen LogP contribution < -0.4 is 0 Å². The lowest BCUT2D eigenvalue weighted by Crippen LogP contribution is -2.01. The lowest BCUT2D eigenvalue weighted by atomic mass is 10.2. The molecule has 0 aliphatic heterocycles. The third-order valence-corrected chi connectivity index (χ3v) is 1.87. The van der Waals surface area contributed by atoms with Crippen molar-refractivity contribution in [3.05, 3.63) is 35.9 Å². The number of halogens is 1. The molecule has 3 heteroatoms. The summed E-state index contributed by atoms with van der Waals surface area (Å²) in [5.41, 5.74) is 0.990. The molecule has 0 aliphatic rings. The molecule has 0 unspecified atom stereocenters. The molecule has 0 atom stereocenters. The van der Waals surface area contributed by atoms with Gasteiger partial charge in [-0.1, -0.05) is 34.9 Å². The molecule has 0 bridgehead atoms. The first kappa shape index (κ1) is 8.56. The average molecular weight is 171 g/mol. The Bertz CT molecular complexity index is 203. The molecular weight excluding hydrogens is 161 g/mol. The minimum absolute atomic E-state index is 0.349. The molecule has 0 radical (unpaired) electrons. The topological polar surface area (TPSA) is 3.24 Å². The summed E-state index contributed by atoms with van der Waals surface area (Å²) >= 11 is 1.09. The Hall–Kier alpha value is -0.540. The minimum atomic E-state index is 0.349. The van der Waals surface area contributed by atoms with E-state index in [1.54, 1.807) is 6.26 Å². The van der Waals surface area contributed by atoms with Crippen LogP contribution in [0.1, 0.15) is 5.56 Å². The van der Waals surface area contributed by atoms with Gasteiger partial charge in [0.25, 0.3) is 0 Å². The summed E-state index contributed by atoms with van der Waals surface area (Å²) in [5.74, 6) is 0. The van der Waals surface area contributed by atoms with E-state index in [0.29, 0.717) is 11.1 Å². The van der Waals surface area contributed by atoms with Gasteiger partial charge in [-0.15, -0.1) is 4.48 Å². The smallest absolute Gasteiger partial charge is 0.0657 e. The molecule has 0 fully saturated rings. The van der Waals surface area contributed by atoms with Crippen LogP contribution in [0.5, 0.6) is 0 Å². The van der Waals surface area contributed by atoms with E-state index in [-0.39, 0.29) is 0 Å². The van der Waals surface area contributed by atoms with Crippen molar-refractivity contribution in [2.45, 2.75) is 6.54 Å². The Labute approximate surface area is 70.3 Å². The maximum atomic E-state index is 12.6. The highest BCUT2D eigenvalue weighted by molar-refractivity contribution is 7.96. The second-order valence-corrected chi connectivity index (χ2v) is 2.91. The predicted octanol–water partition coefficient (Wildman–Crippen LogP) is 2.65. The van der Waals surface area contributed by atoms with E-state index in [0.717, 1.165) is 17.5 Å². The zero-order valence-corrected chi connectivity index (χ0v) is 7.14. The standard InChI is InChI=1S/C8H10FNS/c1-11-10(9)7-8-5-3-2-4-6-8/h2-6H,7H2,1H3. The molecule has 0 saturated carbocycles. The second-order valence-electron chi connectivity index (χ2n) is 2.14. The Morgan fingerprint density at radius 1 is 1.36 bits per heavy atom. The molecular formula is C8H10FNS. The van der Waals surface area contributed by atoms with Crippen molar-refractivity contribution in [1.29, 1.82) is 0 Å². The molecule has 60 valence electrons. The second kappa shape index (κ2) is 4.36. The maximum absolute atomic E-state index is 12.6. The first-order chi connectivity index (χ1) is 5.33. The van der Waals surface area contributed by atoms with E-state index in [1.807, 2.05) is 30.3 Å². The van der Waals surface area contributed by atoms with E-state index in [1.165, 1.54) is 0 Å². The molecule has 0 amide bonds. The highest BCUT2D eigenvalue weighted by Gasteiger charge is 1.99. The molecule has 1 aromatic rings. The third kappa shape index (κ3) is 2.91. The van der Waals surface area contributed by atoms with Crippen molar-refractivity contribution in [3.8, 4) is 0 Å². The van der Waals surface area contributed by atoms with Crippen molar-refractivity contribution < 1.29 is 4.48 Å². The fraction of sp³-hybridized carbons (Fsp3) is 0.250. The Morgan fingerprint density at radius 3 is 2.55 bits per heavy atom. The molecule has 0 spiro atoms. The van der Waals surface area contributed by atoms with Gasteiger partial charge in [0.1, 0.15) is 0 Å². The van der Waals surface area contributed by atoms with E-state index in [2.05, 4.69) is 0 Å². The van der Waals surface area contributed by atoms with Crippen LogP contribution >= 0.6 is 11.9 Å². The molecule has 1 aromatic carbocycles. The summed E-state index contributed by atoms with van der Waals surface area (Å²) in [4.78, 5) is 0. The predicted molar refractivity (Wildman–Crippen MR) is 46.6 cm³/mol. The number of nitrogens with zero attached hydrogens (tertiary/aromatic N) is 1. The summed E-state index contributed by atoms with van der Waals surface area (Å²) in [5, 5.41) is 0. The summed E-state index contributed by atoms with van der Waals surface area (Å²) in [7, 11) is 0. The highest BCUT2D eigenvalue weighted by Crippen LogP contribution is 2.11. The zero-order chi connectivity index (χ0) is 8.10. The quantitative estimate of drug-likeness (QED) is 0.508. The molecule has 0 N–H and O–H groups in total. The van der Waals surface area contributed by atoms with Crippen LogP contribution in [-0.2, 0) is 6.54 Å². The molecule has 0 saturated heterocycles. The van der Waals surface area contributed by atoms with Crippen molar-refractivity contribution in [3.63, 3.8) is 0 Å². The summed E-state index contributed by atoms with van der Waals surface area (Å²) in [6.07, 6.45) is 1.71. The molecule has 1 nitrogen and oxygen atoms in total. The van der Waals surface area contributed by atoms with Gasteiger partial charge < -0.3 is 0 Å². The number of hydrogen-bond acceptors (Lipinski definition) is 2. The van der Waals surface area contributed by atoms with E-state index in [9.17, 15) is 4.48 Å². The Balaban J connectivity index is 2.51. The lowest BCUT2D eigenvalue weighted by molar-refractivity contribution is 0.151. The summed E-state index contributed by atoms with van der Waals surface area (Å²) in [6, 6.07) is 9.55. The van der Waals surface area contributed by atoms with Crippen molar-refractivity contribution >= 4 is 11.9 Å². The van der Waals surface area contributed by atoms with Crippen LogP contribution in [0, 0.1) is 0 Å². The van der Waals surface area contributed by atoms with E-state index in [4.69, 9.17) is 0 Å². The first-order valence-corrected chi connectivity index (χ1v) is 4.52. The molecule has 0 heterocycles. The van der Waals surface area contributed by atoms with Gasteiger partial charge in [0.2, 0.25) is 0 Å². The van der Waals surface area contributed by atoms with Crippen LogP contribution in [0.3, 0.4) is 0 Å². The maximum Gasteiger partial charge on any atom is 0.0657 e. The van der Waals surface area contributed by atoms with Gasteiger partial charge in [-0.3, -0.25) is 0 Å². The van der Waals surface area contributed by atoms with Gasteiger partial charge in [-0.2, -0.15) is 0 Å². The normalized spacial score (nSPS) is 10.5. The lowest BCUT2D eigenvalue weighted by Gasteiger charge is -2.06. The monoisotopic (exact) mass is 171 g/mol. The minimum Gasteiger partial charge on any atom is -0.123 e. The number of benzene rings is 1. The Kier molecular flexibility index (Phi) is 3.39. The van der Waals surface area contributed by atoms with Gasteiger partial charge >= 0.3 is 0 Å². The number of hydrogen-bond donors (Lipinski definition) is 0. The van der Waals surface area contributed by atoms with Crippen molar-refractivity contribution in [2.75, 3.05) is 6.26 Å². The fourth-order valence-corrected chi connectivity index (χ4v) is 1.07. The summed E-state index contributed by atoms with van der Waals surface area (Å²) in [6.45, 7) is 0.349. The molecule has 0 aromatic heterocycles. The van der Waals surface area contributed by atoms with Gasteiger partial charge in [0, 0.05) is 0 Å². The Morgan fingerprint density at radius 2 is 2.00 bits per heavy atom. The third-order valence-electron chi connectivity index (χ3n) is 1.35. The van der Waals surface area contributed by atoms with Crippen LogP contribution in [0.2, 0.25) is 0 Å². The van der Waals surface area contributed by atoms with Crippen molar-refractivity contribution in [1.82, 2.24) is 4.53 Å². The van der Waals surface area contributed by atoms with Crippen LogP contribution in [0.15, 0.2) is 30.3 Å². The largest absolute Gasteiger partial charge is 0.123 e.